The lowest BCUT2D eigenvalue weighted by atomic mass is 10.1. The van der Waals surface area contributed by atoms with Gasteiger partial charge in [-0.3, -0.25) is 0 Å². The van der Waals surface area contributed by atoms with Crippen molar-refractivity contribution in [1.82, 2.24) is 19.6 Å². The van der Waals surface area contributed by atoms with Gasteiger partial charge in [-0.25, -0.2) is 9.97 Å². The van der Waals surface area contributed by atoms with Gasteiger partial charge in [0.25, 0.3) is 0 Å². The number of benzene rings is 2. The molecule has 0 saturated heterocycles. The van der Waals surface area contributed by atoms with Gasteiger partial charge in [0.05, 0.1) is 34.6 Å². The van der Waals surface area contributed by atoms with Crippen LogP contribution in [-0.4, -0.2) is 48.0 Å². The second kappa shape index (κ2) is 11.9. The standard InChI is InChI=1S/C24H27N5O4.C2H6/c1-16-12-27-29-23(16)25-15-26-24(29)28(13-17-6-8-19(30-2)10-21(17)32-4)14-18-7-9-20(31-3)11-22(18)33-5;1-2/h6-12,15H,13-14H2,1-5H3;1-2H3. The van der Waals surface area contributed by atoms with E-state index >= 15 is 0 Å². The monoisotopic (exact) mass is 479 g/mol. The number of hydrogen-bond acceptors (Lipinski definition) is 8. The molecule has 0 spiro atoms. The molecule has 0 N–H and O–H groups in total. The molecule has 0 bridgehead atoms. The highest BCUT2D eigenvalue weighted by molar-refractivity contribution is 5.52. The van der Waals surface area contributed by atoms with E-state index in [0.29, 0.717) is 19.0 Å². The molecule has 186 valence electrons. The largest absolute Gasteiger partial charge is 0.497 e. The molecule has 0 aliphatic heterocycles. The first-order valence-electron chi connectivity index (χ1n) is 11.4. The van der Waals surface area contributed by atoms with Crippen LogP contribution < -0.4 is 23.8 Å². The van der Waals surface area contributed by atoms with E-state index in [9.17, 15) is 0 Å². The van der Waals surface area contributed by atoms with E-state index in [0.717, 1.165) is 45.3 Å². The number of nitrogens with zero attached hydrogens (tertiary/aromatic N) is 5. The molecule has 0 fully saturated rings. The predicted octanol–water partition coefficient (Wildman–Crippen LogP) is 4.70. The molecule has 0 aliphatic carbocycles. The zero-order chi connectivity index (χ0) is 25.4. The number of ether oxygens (including phenoxy) is 4. The lowest BCUT2D eigenvalue weighted by Gasteiger charge is -2.26. The lowest BCUT2D eigenvalue weighted by molar-refractivity contribution is 0.389. The summed E-state index contributed by atoms with van der Waals surface area (Å²) in [7, 11) is 6.56. The quantitative estimate of drug-likeness (QED) is 0.342. The number of anilines is 1. The second-order valence-corrected chi connectivity index (χ2v) is 7.45. The fourth-order valence-corrected chi connectivity index (χ4v) is 3.71. The van der Waals surface area contributed by atoms with E-state index in [1.165, 1.54) is 0 Å². The van der Waals surface area contributed by atoms with Crippen LogP contribution in [0.25, 0.3) is 5.65 Å². The molecule has 9 heteroatoms. The first-order chi connectivity index (χ1) is 17.1. The molecule has 0 aliphatic rings. The molecule has 2 aromatic carbocycles. The van der Waals surface area contributed by atoms with Crippen LogP contribution >= 0.6 is 0 Å². The van der Waals surface area contributed by atoms with Crippen molar-refractivity contribution in [2.45, 2.75) is 33.9 Å². The normalized spacial score (nSPS) is 10.4. The number of aromatic nitrogens is 4. The van der Waals surface area contributed by atoms with E-state index in [1.54, 1.807) is 45.5 Å². The van der Waals surface area contributed by atoms with E-state index in [2.05, 4.69) is 20.0 Å². The van der Waals surface area contributed by atoms with Gasteiger partial charge in [0, 0.05) is 41.9 Å². The average Bonchev–Trinajstić information content (AvgIpc) is 3.30. The van der Waals surface area contributed by atoms with Gasteiger partial charge in [-0.15, -0.1) is 0 Å². The van der Waals surface area contributed by atoms with Gasteiger partial charge in [0.2, 0.25) is 5.95 Å². The summed E-state index contributed by atoms with van der Waals surface area (Å²) in [5.41, 5.74) is 3.68. The fourth-order valence-electron chi connectivity index (χ4n) is 3.71. The van der Waals surface area contributed by atoms with Gasteiger partial charge >= 0.3 is 0 Å². The zero-order valence-corrected chi connectivity index (χ0v) is 21.4. The molecule has 4 aromatic rings. The van der Waals surface area contributed by atoms with E-state index in [1.807, 2.05) is 57.2 Å². The van der Waals surface area contributed by atoms with Crippen LogP contribution in [0.3, 0.4) is 0 Å². The molecule has 0 amide bonds. The first-order valence-corrected chi connectivity index (χ1v) is 11.4. The van der Waals surface area contributed by atoms with Crippen LogP contribution in [0, 0.1) is 6.92 Å². The maximum absolute atomic E-state index is 5.64. The van der Waals surface area contributed by atoms with Gasteiger partial charge in [-0.2, -0.15) is 9.61 Å². The Balaban J connectivity index is 0.00000167. The van der Waals surface area contributed by atoms with E-state index in [-0.39, 0.29) is 0 Å². The summed E-state index contributed by atoms with van der Waals surface area (Å²) in [5.74, 6) is 3.56. The summed E-state index contributed by atoms with van der Waals surface area (Å²) in [4.78, 5) is 11.1. The lowest BCUT2D eigenvalue weighted by Crippen LogP contribution is -2.26. The number of rotatable bonds is 9. The summed E-state index contributed by atoms with van der Waals surface area (Å²) in [5, 5.41) is 4.51. The van der Waals surface area contributed by atoms with Crippen LogP contribution in [0.15, 0.2) is 48.9 Å². The fraction of sp³-hybridized carbons (Fsp3) is 0.346. The Morgan fingerprint density at radius 1 is 0.771 bits per heavy atom. The highest BCUT2D eigenvalue weighted by Gasteiger charge is 2.20. The predicted molar refractivity (Wildman–Crippen MR) is 136 cm³/mol. The summed E-state index contributed by atoms with van der Waals surface area (Å²) < 4.78 is 23.7. The third-order valence-electron chi connectivity index (χ3n) is 5.46. The van der Waals surface area contributed by atoms with Crippen molar-refractivity contribution >= 4 is 11.6 Å². The van der Waals surface area contributed by atoms with Crippen molar-refractivity contribution in [1.29, 1.82) is 0 Å². The van der Waals surface area contributed by atoms with Gasteiger partial charge in [-0.05, 0) is 31.2 Å². The minimum atomic E-state index is 0.507. The zero-order valence-electron chi connectivity index (χ0n) is 21.4. The van der Waals surface area contributed by atoms with Gasteiger partial charge < -0.3 is 23.8 Å². The molecule has 0 saturated carbocycles. The van der Waals surface area contributed by atoms with Crippen molar-refractivity contribution in [3.63, 3.8) is 0 Å². The Labute approximate surface area is 206 Å². The highest BCUT2D eigenvalue weighted by atomic mass is 16.5. The summed E-state index contributed by atoms with van der Waals surface area (Å²) >= 11 is 0. The average molecular weight is 480 g/mol. The van der Waals surface area contributed by atoms with Crippen LogP contribution in [-0.2, 0) is 13.1 Å². The molecular formula is C26H33N5O4. The van der Waals surface area contributed by atoms with E-state index in [4.69, 9.17) is 18.9 Å². The van der Waals surface area contributed by atoms with Crippen LogP contribution in [0.4, 0.5) is 5.95 Å². The topological polar surface area (TPSA) is 83.2 Å². The molecule has 35 heavy (non-hydrogen) atoms. The van der Waals surface area contributed by atoms with Crippen LogP contribution in [0.1, 0.15) is 30.5 Å². The van der Waals surface area contributed by atoms with Crippen LogP contribution in [0.5, 0.6) is 23.0 Å². The second-order valence-electron chi connectivity index (χ2n) is 7.45. The Morgan fingerprint density at radius 3 is 1.80 bits per heavy atom. The molecule has 0 unspecified atom stereocenters. The molecule has 9 nitrogen and oxygen atoms in total. The minimum Gasteiger partial charge on any atom is -0.497 e. The Morgan fingerprint density at radius 2 is 1.31 bits per heavy atom. The van der Waals surface area contributed by atoms with Crippen molar-refractivity contribution < 1.29 is 18.9 Å². The molecule has 2 aromatic heterocycles. The number of hydrogen-bond donors (Lipinski definition) is 0. The van der Waals surface area contributed by atoms with Crippen LogP contribution in [0.2, 0.25) is 0 Å². The van der Waals surface area contributed by atoms with Gasteiger partial charge in [0.1, 0.15) is 29.3 Å². The summed E-state index contributed by atoms with van der Waals surface area (Å²) in [6.45, 7) is 6.99. The Hall–Kier alpha value is -4.01. The third-order valence-corrected chi connectivity index (χ3v) is 5.46. The SMILES string of the molecule is CC.COc1ccc(CN(Cc2ccc(OC)cc2OC)c2ncnc3c(C)cnn23)c(OC)c1. The Kier molecular flexibility index (Phi) is 8.72. The van der Waals surface area contributed by atoms with Crippen molar-refractivity contribution in [3.05, 3.63) is 65.6 Å². The number of fused-ring (bicyclic) bond motifs is 1. The maximum atomic E-state index is 5.64. The molecule has 0 atom stereocenters. The smallest absolute Gasteiger partial charge is 0.230 e. The van der Waals surface area contributed by atoms with Gasteiger partial charge in [0.15, 0.2) is 5.65 Å². The molecule has 4 rings (SSSR count). The minimum absolute atomic E-state index is 0.507. The number of aryl methyl sites for hydroxylation is 1. The van der Waals surface area contributed by atoms with Crippen molar-refractivity contribution in [2.24, 2.45) is 0 Å². The Bertz CT molecular complexity index is 1200. The first kappa shape index (κ1) is 25.6. The van der Waals surface area contributed by atoms with Crippen molar-refractivity contribution in [2.75, 3.05) is 33.3 Å². The van der Waals surface area contributed by atoms with E-state index < -0.39 is 0 Å². The molecular weight excluding hydrogens is 446 g/mol. The highest BCUT2D eigenvalue weighted by Crippen LogP contribution is 2.31. The molecule has 2 heterocycles. The number of methoxy groups -OCH3 is 4. The summed E-state index contributed by atoms with van der Waals surface area (Å²) in [6.07, 6.45) is 3.34. The van der Waals surface area contributed by atoms with Crippen molar-refractivity contribution in [3.8, 4) is 23.0 Å². The molecule has 0 radical (unpaired) electrons. The third kappa shape index (κ3) is 5.56. The maximum Gasteiger partial charge on any atom is 0.230 e. The van der Waals surface area contributed by atoms with Gasteiger partial charge in [-0.1, -0.05) is 13.8 Å². The summed E-state index contributed by atoms with van der Waals surface area (Å²) in [6, 6.07) is 11.5.